The van der Waals surface area contributed by atoms with Gasteiger partial charge in [-0.15, -0.1) is 11.8 Å². The van der Waals surface area contributed by atoms with Crippen LogP contribution in [-0.4, -0.2) is 17.3 Å². The fourth-order valence-corrected chi connectivity index (χ4v) is 1.28. The van der Waals surface area contributed by atoms with E-state index >= 15 is 0 Å². The normalized spacial score (nSPS) is 25.5. The van der Waals surface area contributed by atoms with Gasteiger partial charge >= 0.3 is 0 Å². The first kappa shape index (κ1) is 7.61. The molecule has 1 heterocycles. The molecule has 0 aromatic carbocycles. The van der Waals surface area contributed by atoms with E-state index in [1.807, 2.05) is 6.08 Å². The molecule has 0 aromatic heterocycles. The third-order valence-electron chi connectivity index (χ3n) is 1.19. The van der Waals surface area contributed by atoms with Crippen LogP contribution in [0.15, 0.2) is 29.3 Å². The molecule has 1 rings (SSSR count). The summed E-state index contributed by atoms with van der Waals surface area (Å²) in [6.07, 6.45) is 8.32. The molecule has 0 radical (unpaired) electrons. The second kappa shape index (κ2) is 4.34. The van der Waals surface area contributed by atoms with Crippen molar-refractivity contribution in [3.63, 3.8) is 0 Å². The smallest absolute Gasteiger partial charge is 0.0651 e. The zero-order valence-electron chi connectivity index (χ0n) is 6.08. The SMILES string of the molecule is CC1=NC/C=C\C=C/CS1. The summed E-state index contributed by atoms with van der Waals surface area (Å²) in [5.41, 5.74) is 0. The largest absolute Gasteiger partial charge is 0.279 e. The second-order valence-corrected chi connectivity index (χ2v) is 3.24. The van der Waals surface area contributed by atoms with Gasteiger partial charge in [0.15, 0.2) is 0 Å². The van der Waals surface area contributed by atoms with Crippen molar-refractivity contribution in [2.24, 2.45) is 4.99 Å². The zero-order chi connectivity index (χ0) is 7.23. The first-order valence-electron chi connectivity index (χ1n) is 3.35. The van der Waals surface area contributed by atoms with E-state index in [0.717, 1.165) is 12.3 Å². The maximum Gasteiger partial charge on any atom is 0.0651 e. The highest BCUT2D eigenvalue weighted by atomic mass is 32.2. The Kier molecular flexibility index (Phi) is 3.30. The monoisotopic (exact) mass is 153 g/mol. The number of hydrogen-bond donors (Lipinski definition) is 0. The van der Waals surface area contributed by atoms with Gasteiger partial charge < -0.3 is 0 Å². The van der Waals surface area contributed by atoms with Gasteiger partial charge in [0, 0.05) is 5.75 Å². The van der Waals surface area contributed by atoms with E-state index < -0.39 is 0 Å². The van der Waals surface area contributed by atoms with Crippen LogP contribution in [0.5, 0.6) is 0 Å². The minimum atomic E-state index is 0.823. The summed E-state index contributed by atoms with van der Waals surface area (Å²) in [5, 5.41) is 1.18. The van der Waals surface area contributed by atoms with E-state index in [0.29, 0.717) is 0 Å². The maximum absolute atomic E-state index is 4.30. The summed E-state index contributed by atoms with van der Waals surface area (Å²) in [5.74, 6) is 1.04. The average Bonchev–Trinajstić information content (AvgIpc) is 2.02. The Morgan fingerprint density at radius 3 is 3.10 bits per heavy atom. The van der Waals surface area contributed by atoms with E-state index in [1.54, 1.807) is 11.8 Å². The summed E-state index contributed by atoms with van der Waals surface area (Å²) in [4.78, 5) is 4.30. The molecule has 1 aliphatic rings. The Morgan fingerprint density at radius 2 is 2.20 bits per heavy atom. The average molecular weight is 153 g/mol. The predicted octanol–water partition coefficient (Wildman–Crippen LogP) is 2.26. The van der Waals surface area contributed by atoms with Crippen molar-refractivity contribution in [2.75, 3.05) is 12.3 Å². The number of rotatable bonds is 0. The third-order valence-corrected chi connectivity index (χ3v) is 2.10. The summed E-state index contributed by atoms with van der Waals surface area (Å²) in [6.45, 7) is 2.88. The number of thioether (sulfide) groups is 1. The van der Waals surface area contributed by atoms with Gasteiger partial charge in [0.25, 0.3) is 0 Å². The third kappa shape index (κ3) is 2.87. The van der Waals surface area contributed by atoms with Gasteiger partial charge in [0.1, 0.15) is 0 Å². The van der Waals surface area contributed by atoms with Crippen molar-refractivity contribution in [2.45, 2.75) is 6.92 Å². The maximum atomic E-state index is 4.30. The highest BCUT2D eigenvalue weighted by molar-refractivity contribution is 8.14. The van der Waals surface area contributed by atoms with E-state index in [-0.39, 0.29) is 0 Å². The van der Waals surface area contributed by atoms with E-state index in [4.69, 9.17) is 0 Å². The molecule has 0 spiro atoms. The minimum absolute atomic E-state index is 0.823. The van der Waals surface area contributed by atoms with E-state index in [2.05, 4.69) is 30.1 Å². The highest BCUT2D eigenvalue weighted by Crippen LogP contribution is 2.05. The van der Waals surface area contributed by atoms with Crippen LogP contribution in [-0.2, 0) is 0 Å². The number of hydrogen-bond acceptors (Lipinski definition) is 2. The molecule has 0 aromatic rings. The van der Waals surface area contributed by atoms with Gasteiger partial charge in [-0.25, -0.2) is 0 Å². The first-order chi connectivity index (χ1) is 4.89. The second-order valence-electron chi connectivity index (χ2n) is 2.03. The van der Waals surface area contributed by atoms with E-state index in [9.17, 15) is 0 Å². The number of aliphatic imine (C=N–C) groups is 1. The summed E-state index contributed by atoms with van der Waals surface area (Å²) < 4.78 is 0. The fourth-order valence-electron chi connectivity index (χ4n) is 0.669. The Balaban J connectivity index is 2.54. The van der Waals surface area contributed by atoms with Crippen LogP contribution in [0.3, 0.4) is 0 Å². The van der Waals surface area contributed by atoms with Crippen LogP contribution in [0.1, 0.15) is 6.92 Å². The topological polar surface area (TPSA) is 12.4 Å². The van der Waals surface area contributed by atoms with Gasteiger partial charge in [-0.1, -0.05) is 24.3 Å². The molecule has 1 aliphatic heterocycles. The zero-order valence-corrected chi connectivity index (χ0v) is 6.90. The minimum Gasteiger partial charge on any atom is -0.279 e. The molecule has 0 unspecified atom stereocenters. The lowest BCUT2D eigenvalue weighted by Crippen LogP contribution is -1.85. The molecule has 0 fully saturated rings. The van der Waals surface area contributed by atoms with Gasteiger partial charge in [0.05, 0.1) is 11.6 Å². The van der Waals surface area contributed by atoms with Crippen LogP contribution in [0, 0.1) is 0 Å². The molecule has 0 atom stereocenters. The predicted molar refractivity (Wildman–Crippen MR) is 48.7 cm³/mol. The lowest BCUT2D eigenvalue weighted by Gasteiger charge is -1.93. The van der Waals surface area contributed by atoms with Crippen LogP contribution in [0.4, 0.5) is 0 Å². The quantitative estimate of drug-likeness (QED) is 0.520. The molecule has 54 valence electrons. The van der Waals surface area contributed by atoms with Crippen molar-refractivity contribution in [1.82, 2.24) is 0 Å². The molecule has 0 amide bonds. The van der Waals surface area contributed by atoms with Crippen molar-refractivity contribution in [3.05, 3.63) is 24.3 Å². The molecule has 10 heavy (non-hydrogen) atoms. The Bertz CT molecular complexity index is 180. The summed E-state index contributed by atoms with van der Waals surface area (Å²) in [7, 11) is 0. The van der Waals surface area contributed by atoms with Crippen LogP contribution < -0.4 is 0 Å². The summed E-state index contributed by atoms with van der Waals surface area (Å²) in [6, 6.07) is 0. The standard InChI is InChI=1S/C8H11NS/c1-8-9-6-4-2-3-5-7-10-8/h2-5H,6-7H2,1H3/b4-2-,5-3-,9-8?. The highest BCUT2D eigenvalue weighted by Gasteiger charge is 1.88. The van der Waals surface area contributed by atoms with Crippen molar-refractivity contribution >= 4 is 16.8 Å². The molecule has 0 saturated carbocycles. The molecule has 0 aliphatic carbocycles. The van der Waals surface area contributed by atoms with Crippen molar-refractivity contribution in [1.29, 1.82) is 0 Å². The Labute approximate surface area is 65.9 Å². The van der Waals surface area contributed by atoms with Crippen LogP contribution in [0.25, 0.3) is 0 Å². The first-order valence-corrected chi connectivity index (χ1v) is 4.33. The van der Waals surface area contributed by atoms with Crippen LogP contribution >= 0.6 is 11.8 Å². The molecule has 1 nitrogen and oxygen atoms in total. The van der Waals surface area contributed by atoms with Crippen molar-refractivity contribution < 1.29 is 0 Å². The van der Waals surface area contributed by atoms with Crippen molar-refractivity contribution in [3.8, 4) is 0 Å². The van der Waals surface area contributed by atoms with Gasteiger partial charge in [0.2, 0.25) is 0 Å². The number of nitrogens with zero attached hydrogens (tertiary/aromatic N) is 1. The number of allylic oxidation sites excluding steroid dienone is 2. The van der Waals surface area contributed by atoms with Crippen LogP contribution in [0.2, 0.25) is 0 Å². The Hall–Kier alpha value is -0.500. The fraction of sp³-hybridized carbons (Fsp3) is 0.375. The Morgan fingerprint density at radius 1 is 1.40 bits per heavy atom. The lowest BCUT2D eigenvalue weighted by molar-refractivity contribution is 1.25. The van der Waals surface area contributed by atoms with E-state index in [1.165, 1.54) is 5.04 Å². The molecule has 0 bridgehead atoms. The van der Waals surface area contributed by atoms with Gasteiger partial charge in [-0.2, -0.15) is 0 Å². The molecule has 2 heteroatoms. The summed E-state index contributed by atoms with van der Waals surface area (Å²) >= 11 is 1.79. The van der Waals surface area contributed by atoms with Gasteiger partial charge in [-0.3, -0.25) is 4.99 Å². The molecule has 0 saturated heterocycles. The molecule has 0 N–H and O–H groups in total. The molecular formula is C8H11NS. The lowest BCUT2D eigenvalue weighted by atomic mass is 10.4. The molecular weight excluding hydrogens is 142 g/mol. The van der Waals surface area contributed by atoms with Gasteiger partial charge in [-0.05, 0) is 6.92 Å².